The Morgan fingerprint density at radius 2 is 1.86 bits per heavy atom. The molecule has 10 heteroatoms. The molecule has 2 aliphatic heterocycles. The highest BCUT2D eigenvalue weighted by Gasteiger charge is 2.49. The molecular formula is C18H36NO8P. The molecule has 0 saturated carbocycles. The van der Waals surface area contributed by atoms with E-state index in [0.717, 1.165) is 0 Å². The zero-order valence-electron chi connectivity index (χ0n) is 17.7. The minimum absolute atomic E-state index is 0.00898. The van der Waals surface area contributed by atoms with Crippen LogP contribution < -0.4 is 5.73 Å². The highest BCUT2D eigenvalue weighted by molar-refractivity contribution is 7.47. The molecule has 166 valence electrons. The predicted molar refractivity (Wildman–Crippen MR) is 103 cm³/mol. The molecule has 2 aliphatic rings. The van der Waals surface area contributed by atoms with Crippen LogP contribution in [0.25, 0.3) is 0 Å². The van der Waals surface area contributed by atoms with Gasteiger partial charge in [-0.1, -0.05) is 0 Å². The van der Waals surface area contributed by atoms with Crippen molar-refractivity contribution in [3.05, 3.63) is 0 Å². The summed E-state index contributed by atoms with van der Waals surface area (Å²) in [6, 6.07) is 0. The summed E-state index contributed by atoms with van der Waals surface area (Å²) in [4.78, 5) is 10.2. The summed E-state index contributed by atoms with van der Waals surface area (Å²) >= 11 is 0. The van der Waals surface area contributed by atoms with E-state index in [-0.39, 0.29) is 43.7 Å². The Morgan fingerprint density at radius 1 is 1.18 bits per heavy atom. The van der Waals surface area contributed by atoms with E-state index in [1.165, 1.54) is 0 Å². The van der Waals surface area contributed by atoms with E-state index < -0.39 is 25.8 Å². The number of nitrogens with two attached hydrogens (primary N) is 1. The molecule has 0 amide bonds. The van der Waals surface area contributed by atoms with Gasteiger partial charge < -0.3 is 23.8 Å². The topological polar surface area (TPSA) is 119 Å². The maximum atomic E-state index is 12.5. The maximum absolute atomic E-state index is 12.5. The van der Waals surface area contributed by atoms with Crippen molar-refractivity contribution in [3.8, 4) is 0 Å². The van der Waals surface area contributed by atoms with Crippen molar-refractivity contribution in [2.75, 3.05) is 13.2 Å². The zero-order chi connectivity index (χ0) is 21.1. The van der Waals surface area contributed by atoms with Crippen molar-refractivity contribution in [1.29, 1.82) is 0 Å². The smallest absolute Gasteiger partial charge is 0.374 e. The summed E-state index contributed by atoms with van der Waals surface area (Å²) in [6.45, 7) is 11.3. The van der Waals surface area contributed by atoms with E-state index in [1.54, 1.807) is 0 Å². The van der Waals surface area contributed by atoms with Gasteiger partial charge in [-0.25, -0.2) is 4.57 Å². The van der Waals surface area contributed by atoms with E-state index in [4.69, 9.17) is 33.7 Å². The fourth-order valence-electron chi connectivity index (χ4n) is 3.47. The summed E-state index contributed by atoms with van der Waals surface area (Å²) in [7, 11) is -4.38. The summed E-state index contributed by atoms with van der Waals surface area (Å²) in [5, 5.41) is 0. The van der Waals surface area contributed by atoms with Crippen molar-refractivity contribution in [3.63, 3.8) is 0 Å². The van der Waals surface area contributed by atoms with Crippen molar-refractivity contribution in [1.82, 2.24) is 0 Å². The van der Waals surface area contributed by atoms with Crippen LogP contribution in [0, 0.1) is 0 Å². The van der Waals surface area contributed by atoms with Crippen LogP contribution in [0.1, 0.15) is 54.4 Å². The fraction of sp³-hybridized carbons (Fsp3) is 1.00. The van der Waals surface area contributed by atoms with Crippen molar-refractivity contribution >= 4 is 7.82 Å². The quantitative estimate of drug-likeness (QED) is 0.508. The largest absolute Gasteiger partial charge is 0.472 e. The van der Waals surface area contributed by atoms with Crippen LogP contribution in [-0.4, -0.2) is 66.6 Å². The van der Waals surface area contributed by atoms with Gasteiger partial charge in [0.1, 0.15) is 12.2 Å². The Bertz CT molecular complexity index is 548. The summed E-state index contributed by atoms with van der Waals surface area (Å²) in [6.07, 6.45) is -0.671. The normalized spacial score (nSPS) is 38.4. The SMILES string of the molecule is CC(C)OC[C@@]1(N)O[C@@H](C)C[C@H]1OP(=O)(O)OC[C@H]1O[C@@H](C)C[C@H]1OC(C)C. The van der Waals surface area contributed by atoms with Gasteiger partial charge in [0.05, 0.1) is 43.7 Å². The first-order chi connectivity index (χ1) is 12.9. The number of rotatable bonds is 10. The molecule has 9 nitrogen and oxygen atoms in total. The molecule has 0 bridgehead atoms. The second kappa shape index (κ2) is 9.81. The molecule has 2 heterocycles. The highest BCUT2D eigenvalue weighted by atomic mass is 31.2. The average molecular weight is 425 g/mol. The summed E-state index contributed by atoms with van der Waals surface area (Å²) < 4.78 is 46.0. The second-order valence-corrected chi connectivity index (χ2v) is 9.69. The molecule has 0 aromatic heterocycles. The van der Waals surface area contributed by atoms with E-state index in [9.17, 15) is 9.46 Å². The molecule has 0 spiro atoms. The first-order valence-electron chi connectivity index (χ1n) is 9.95. The number of phosphoric acid groups is 1. The van der Waals surface area contributed by atoms with Crippen LogP contribution in [-0.2, 0) is 32.6 Å². The summed E-state index contributed by atoms with van der Waals surface area (Å²) in [5.74, 6) is 0. The van der Waals surface area contributed by atoms with Crippen LogP contribution in [0.5, 0.6) is 0 Å². The minimum Gasteiger partial charge on any atom is -0.374 e. The van der Waals surface area contributed by atoms with Crippen LogP contribution in [0.15, 0.2) is 0 Å². The number of hydrogen-bond donors (Lipinski definition) is 2. The fourth-order valence-corrected chi connectivity index (χ4v) is 4.46. The van der Waals surface area contributed by atoms with Crippen LogP contribution in [0.4, 0.5) is 0 Å². The highest BCUT2D eigenvalue weighted by Crippen LogP contribution is 2.49. The Hall–Kier alpha value is -0.0900. The van der Waals surface area contributed by atoms with E-state index in [1.807, 2.05) is 41.5 Å². The molecule has 1 unspecified atom stereocenters. The van der Waals surface area contributed by atoms with Gasteiger partial charge in [-0.05, 0) is 41.5 Å². The molecule has 0 aliphatic carbocycles. The lowest BCUT2D eigenvalue weighted by Crippen LogP contribution is -2.53. The van der Waals surface area contributed by atoms with Gasteiger partial charge in [0.2, 0.25) is 0 Å². The van der Waals surface area contributed by atoms with Gasteiger partial charge in [-0.2, -0.15) is 0 Å². The van der Waals surface area contributed by atoms with Gasteiger partial charge >= 0.3 is 7.82 Å². The monoisotopic (exact) mass is 425 g/mol. The second-order valence-electron chi connectivity index (χ2n) is 8.28. The number of phosphoric ester groups is 1. The number of hydrogen-bond acceptors (Lipinski definition) is 8. The Labute approximate surface area is 167 Å². The van der Waals surface area contributed by atoms with Gasteiger partial charge in [-0.15, -0.1) is 0 Å². The van der Waals surface area contributed by atoms with Crippen LogP contribution >= 0.6 is 7.82 Å². The molecule has 2 fully saturated rings. The van der Waals surface area contributed by atoms with Crippen molar-refractivity contribution in [2.24, 2.45) is 5.73 Å². The third-order valence-corrected chi connectivity index (χ3v) is 5.65. The van der Waals surface area contributed by atoms with E-state index in [0.29, 0.717) is 12.8 Å². The Balaban J connectivity index is 1.93. The molecule has 3 N–H and O–H groups in total. The molecule has 0 aromatic rings. The molecule has 0 aromatic carbocycles. The Kier molecular flexibility index (Phi) is 8.47. The van der Waals surface area contributed by atoms with Gasteiger partial charge in [0.15, 0.2) is 5.72 Å². The lowest BCUT2D eigenvalue weighted by atomic mass is 10.1. The summed E-state index contributed by atoms with van der Waals surface area (Å²) in [5.41, 5.74) is 4.95. The van der Waals surface area contributed by atoms with E-state index in [2.05, 4.69) is 0 Å². The Morgan fingerprint density at radius 3 is 2.46 bits per heavy atom. The first kappa shape index (κ1) is 24.2. The van der Waals surface area contributed by atoms with Crippen LogP contribution in [0.3, 0.4) is 0 Å². The van der Waals surface area contributed by atoms with E-state index >= 15 is 0 Å². The third kappa shape index (κ3) is 7.00. The van der Waals surface area contributed by atoms with Crippen molar-refractivity contribution < 1.29 is 37.5 Å². The van der Waals surface area contributed by atoms with Crippen LogP contribution in [0.2, 0.25) is 0 Å². The third-order valence-electron chi connectivity index (χ3n) is 4.65. The molecule has 7 atom stereocenters. The average Bonchev–Trinajstić information content (AvgIpc) is 3.02. The number of ether oxygens (including phenoxy) is 4. The first-order valence-corrected chi connectivity index (χ1v) is 11.4. The lowest BCUT2D eigenvalue weighted by Gasteiger charge is -2.31. The molecule has 28 heavy (non-hydrogen) atoms. The van der Waals surface area contributed by atoms with Gasteiger partial charge in [0, 0.05) is 12.8 Å². The predicted octanol–water partition coefficient (Wildman–Crippen LogP) is 2.35. The standard InChI is InChI=1S/C18H36NO8P/c1-11(2)22-10-18(19)17(8-14(6)26-18)27-28(20,21)23-9-16-15(24-12(3)4)7-13(5)25-16/h11-17H,7-10,19H2,1-6H3,(H,20,21)/t13-,14-,15+,16+,17+,18+/m0/s1. The molecule has 2 rings (SSSR count). The van der Waals surface area contributed by atoms with Gasteiger partial charge in [0.25, 0.3) is 0 Å². The van der Waals surface area contributed by atoms with Gasteiger partial charge in [-0.3, -0.25) is 14.8 Å². The minimum atomic E-state index is -4.38. The molecular weight excluding hydrogens is 389 g/mol. The molecule has 2 saturated heterocycles. The maximum Gasteiger partial charge on any atom is 0.472 e. The van der Waals surface area contributed by atoms with Crippen molar-refractivity contribution in [2.45, 2.75) is 103 Å². The lowest BCUT2D eigenvalue weighted by molar-refractivity contribution is -0.128. The zero-order valence-corrected chi connectivity index (χ0v) is 18.6. The molecule has 0 radical (unpaired) electrons.